The number of hydrogen-bond donors (Lipinski definition) is 3. The number of amides is 1. The molecule has 57 heavy (non-hydrogen) atoms. The van der Waals surface area contributed by atoms with E-state index in [0.29, 0.717) is 19.4 Å². The summed E-state index contributed by atoms with van der Waals surface area (Å²) in [4.78, 5) is 24.3. The van der Waals surface area contributed by atoms with Crippen molar-refractivity contribution < 1.29 is 24.5 Å². The van der Waals surface area contributed by atoms with E-state index in [1.54, 1.807) is 6.08 Å². The summed E-state index contributed by atoms with van der Waals surface area (Å²) < 4.78 is 5.45. The van der Waals surface area contributed by atoms with E-state index in [1.807, 2.05) is 6.08 Å². The molecule has 1 amide bonds. The van der Waals surface area contributed by atoms with Crippen LogP contribution in [0.3, 0.4) is 0 Å². The minimum absolute atomic E-state index is 0.00992. The Morgan fingerprint density at radius 2 is 0.912 bits per heavy atom. The molecular formula is C51H95NO5. The second-order valence-electron chi connectivity index (χ2n) is 16.8. The molecule has 0 aromatic rings. The summed E-state index contributed by atoms with van der Waals surface area (Å²) in [5, 5.41) is 22.9. The predicted octanol–water partition coefficient (Wildman–Crippen LogP) is 14.5. The van der Waals surface area contributed by atoms with Gasteiger partial charge in [-0.15, -0.1) is 0 Å². The number of unbranched alkanes of at least 4 members (excludes halogenated alkanes) is 30. The SMILES string of the molecule is CCC/C=C\C/C=C\CCCCCCCC(=O)OCCCCCCCCCCCCCCCCCCCCC(=O)NC(CO)C(O)/C=C/CCCCCCCCC. The lowest BCUT2D eigenvalue weighted by molar-refractivity contribution is -0.143. The summed E-state index contributed by atoms with van der Waals surface area (Å²) >= 11 is 0. The number of aliphatic hydroxyl groups excluding tert-OH is 2. The quantitative estimate of drug-likeness (QED) is 0.0324. The summed E-state index contributed by atoms with van der Waals surface area (Å²) in [6.07, 6.45) is 55.8. The molecule has 6 nitrogen and oxygen atoms in total. The summed E-state index contributed by atoms with van der Waals surface area (Å²) in [6, 6.07) is -0.629. The predicted molar refractivity (Wildman–Crippen MR) is 246 cm³/mol. The first-order valence-corrected chi connectivity index (χ1v) is 24.8. The Labute approximate surface area is 353 Å². The Bertz CT molecular complexity index is 931. The topological polar surface area (TPSA) is 95.9 Å². The molecule has 6 heteroatoms. The van der Waals surface area contributed by atoms with Gasteiger partial charge in [-0.2, -0.15) is 0 Å². The number of hydrogen-bond acceptors (Lipinski definition) is 5. The smallest absolute Gasteiger partial charge is 0.305 e. The molecule has 0 aromatic heterocycles. The van der Waals surface area contributed by atoms with Gasteiger partial charge in [0.15, 0.2) is 0 Å². The highest BCUT2D eigenvalue weighted by Crippen LogP contribution is 2.16. The zero-order valence-corrected chi connectivity index (χ0v) is 37.8. The number of carbonyl (C=O) groups excluding carboxylic acids is 2. The number of nitrogens with one attached hydrogen (secondary N) is 1. The highest BCUT2D eigenvalue weighted by molar-refractivity contribution is 5.76. The zero-order chi connectivity index (χ0) is 41.5. The maximum atomic E-state index is 12.4. The third kappa shape index (κ3) is 43.5. The molecule has 0 spiro atoms. The van der Waals surface area contributed by atoms with Crippen LogP contribution in [0.2, 0.25) is 0 Å². The maximum Gasteiger partial charge on any atom is 0.305 e. The van der Waals surface area contributed by atoms with E-state index in [2.05, 4.69) is 43.5 Å². The van der Waals surface area contributed by atoms with Crippen molar-refractivity contribution >= 4 is 11.9 Å². The molecule has 2 unspecified atom stereocenters. The van der Waals surface area contributed by atoms with Crippen LogP contribution in [0.5, 0.6) is 0 Å². The van der Waals surface area contributed by atoms with Gasteiger partial charge in [-0.1, -0.05) is 217 Å². The van der Waals surface area contributed by atoms with Gasteiger partial charge in [-0.3, -0.25) is 9.59 Å². The molecule has 3 N–H and O–H groups in total. The zero-order valence-electron chi connectivity index (χ0n) is 37.8. The minimum atomic E-state index is -0.845. The number of ether oxygens (including phenoxy) is 1. The van der Waals surface area contributed by atoms with E-state index < -0.39 is 12.1 Å². The number of aliphatic hydroxyl groups is 2. The van der Waals surface area contributed by atoms with E-state index in [-0.39, 0.29) is 18.5 Å². The Morgan fingerprint density at radius 1 is 0.491 bits per heavy atom. The third-order valence-corrected chi connectivity index (χ3v) is 11.1. The standard InChI is InChI=1S/C51H95NO5/c1-3-5-7-9-11-13-14-21-25-29-33-37-41-45-51(56)57-46-42-38-34-30-26-23-20-18-16-15-17-19-22-24-28-32-36-40-44-50(55)52-48(47-53)49(54)43-39-35-31-27-12-10-8-6-4-2/h7,9,13-14,39,43,48-49,53-54H,3-6,8,10-12,15-38,40-42,44-47H2,1-2H3,(H,52,55)/b9-7-,14-13-,43-39+. The molecule has 334 valence electrons. The van der Waals surface area contributed by atoms with Gasteiger partial charge in [0.2, 0.25) is 5.91 Å². The van der Waals surface area contributed by atoms with Crippen LogP contribution in [-0.2, 0) is 14.3 Å². The van der Waals surface area contributed by atoms with Crippen LogP contribution in [0.25, 0.3) is 0 Å². The number of carbonyl (C=O) groups is 2. The van der Waals surface area contributed by atoms with Crippen molar-refractivity contribution in [3.8, 4) is 0 Å². The van der Waals surface area contributed by atoms with Crippen LogP contribution in [0, 0.1) is 0 Å². The summed E-state index contributed by atoms with van der Waals surface area (Å²) in [7, 11) is 0. The van der Waals surface area contributed by atoms with Gasteiger partial charge in [0.05, 0.1) is 25.4 Å². The first kappa shape index (κ1) is 55.1. The molecule has 0 aliphatic heterocycles. The van der Waals surface area contributed by atoms with Gasteiger partial charge < -0.3 is 20.3 Å². The number of allylic oxidation sites excluding steroid dienone is 5. The van der Waals surface area contributed by atoms with Gasteiger partial charge in [0.25, 0.3) is 0 Å². The molecule has 2 atom stereocenters. The number of esters is 1. The Morgan fingerprint density at radius 3 is 1.40 bits per heavy atom. The molecule has 0 aromatic carbocycles. The van der Waals surface area contributed by atoms with Crippen molar-refractivity contribution in [3.05, 3.63) is 36.5 Å². The van der Waals surface area contributed by atoms with Crippen molar-refractivity contribution in [1.82, 2.24) is 5.32 Å². The van der Waals surface area contributed by atoms with Crippen LogP contribution >= 0.6 is 0 Å². The lowest BCUT2D eigenvalue weighted by atomic mass is 10.0. The normalized spacial score (nSPS) is 13.0. The van der Waals surface area contributed by atoms with Crippen molar-refractivity contribution in [2.45, 2.75) is 264 Å². The van der Waals surface area contributed by atoms with E-state index in [0.717, 1.165) is 51.4 Å². The van der Waals surface area contributed by atoms with Crippen molar-refractivity contribution in [3.63, 3.8) is 0 Å². The lowest BCUT2D eigenvalue weighted by Gasteiger charge is -2.20. The maximum absolute atomic E-state index is 12.4. The van der Waals surface area contributed by atoms with Crippen LogP contribution in [0.15, 0.2) is 36.5 Å². The highest BCUT2D eigenvalue weighted by Gasteiger charge is 2.18. The van der Waals surface area contributed by atoms with Gasteiger partial charge >= 0.3 is 5.97 Å². The average Bonchev–Trinajstić information content (AvgIpc) is 3.21. The fourth-order valence-corrected chi connectivity index (χ4v) is 7.32. The molecule has 0 heterocycles. The summed E-state index contributed by atoms with van der Waals surface area (Å²) in [5.41, 5.74) is 0. The summed E-state index contributed by atoms with van der Waals surface area (Å²) in [6.45, 7) is 4.79. The van der Waals surface area contributed by atoms with Crippen molar-refractivity contribution in [2.75, 3.05) is 13.2 Å². The molecule has 0 aliphatic rings. The second kappa shape index (κ2) is 46.8. The van der Waals surface area contributed by atoms with Gasteiger partial charge in [0.1, 0.15) is 0 Å². The van der Waals surface area contributed by atoms with Crippen LogP contribution < -0.4 is 5.32 Å². The first-order chi connectivity index (χ1) is 28.0. The average molecular weight is 802 g/mol. The molecule has 0 fully saturated rings. The lowest BCUT2D eigenvalue weighted by Crippen LogP contribution is -2.45. The Hall–Kier alpha value is -1.92. The Balaban J connectivity index is 3.42. The monoisotopic (exact) mass is 802 g/mol. The first-order valence-electron chi connectivity index (χ1n) is 24.8. The minimum Gasteiger partial charge on any atom is -0.466 e. The molecule has 0 saturated heterocycles. The fraction of sp³-hybridized carbons (Fsp3) is 0.843. The van der Waals surface area contributed by atoms with Gasteiger partial charge in [-0.25, -0.2) is 0 Å². The van der Waals surface area contributed by atoms with E-state index in [4.69, 9.17) is 4.74 Å². The van der Waals surface area contributed by atoms with Crippen molar-refractivity contribution in [1.29, 1.82) is 0 Å². The summed E-state index contributed by atoms with van der Waals surface area (Å²) in [5.74, 6) is -0.0860. The van der Waals surface area contributed by atoms with E-state index in [1.165, 1.54) is 173 Å². The van der Waals surface area contributed by atoms with Gasteiger partial charge in [0, 0.05) is 12.8 Å². The molecule has 0 saturated carbocycles. The largest absolute Gasteiger partial charge is 0.466 e. The van der Waals surface area contributed by atoms with Crippen LogP contribution in [0.1, 0.15) is 251 Å². The van der Waals surface area contributed by atoms with Crippen LogP contribution in [0.4, 0.5) is 0 Å². The fourth-order valence-electron chi connectivity index (χ4n) is 7.32. The van der Waals surface area contributed by atoms with E-state index in [9.17, 15) is 19.8 Å². The highest BCUT2D eigenvalue weighted by atomic mass is 16.5. The molecule has 0 radical (unpaired) electrons. The second-order valence-corrected chi connectivity index (χ2v) is 16.8. The Kier molecular flexibility index (Phi) is 45.2. The molecule has 0 aliphatic carbocycles. The van der Waals surface area contributed by atoms with Crippen LogP contribution in [-0.4, -0.2) is 47.4 Å². The molecular weight excluding hydrogens is 707 g/mol. The third-order valence-electron chi connectivity index (χ3n) is 11.1. The molecule has 0 rings (SSSR count). The van der Waals surface area contributed by atoms with Gasteiger partial charge in [-0.05, 0) is 57.8 Å². The van der Waals surface area contributed by atoms with E-state index >= 15 is 0 Å². The molecule has 0 bridgehead atoms. The number of rotatable bonds is 45. The van der Waals surface area contributed by atoms with Crippen molar-refractivity contribution in [2.24, 2.45) is 0 Å².